The zero-order chi connectivity index (χ0) is 17.5. The van der Waals surface area contributed by atoms with Crippen LogP contribution in [0.15, 0.2) is 53.5 Å². The molecule has 2 aromatic carbocycles. The van der Waals surface area contributed by atoms with E-state index >= 15 is 0 Å². The number of ether oxygens (including phenoxy) is 2. The molecule has 1 heterocycles. The smallest absolute Gasteiger partial charge is 0.191 e. The number of nitrogens with two attached hydrogens (primary N) is 1. The zero-order valence-corrected chi connectivity index (χ0v) is 17.5. The molecule has 1 aliphatic heterocycles. The van der Waals surface area contributed by atoms with Crippen molar-refractivity contribution >= 4 is 41.5 Å². The highest BCUT2D eigenvalue weighted by Gasteiger charge is 2.12. The second-order valence-corrected chi connectivity index (χ2v) is 6.17. The number of morpholine rings is 1. The van der Waals surface area contributed by atoms with E-state index in [0.717, 1.165) is 24.2 Å². The molecule has 0 saturated carbocycles. The Hall–Kier alpha value is -1.51. The highest BCUT2D eigenvalue weighted by molar-refractivity contribution is 14.0. The molecule has 7 heteroatoms. The van der Waals surface area contributed by atoms with Crippen LogP contribution in [0.1, 0.15) is 11.1 Å². The van der Waals surface area contributed by atoms with Gasteiger partial charge in [-0.2, -0.15) is 0 Å². The first-order valence-corrected chi connectivity index (χ1v) is 8.68. The van der Waals surface area contributed by atoms with Gasteiger partial charge in [-0.15, -0.1) is 24.0 Å². The molecule has 0 aromatic heterocycles. The van der Waals surface area contributed by atoms with Crippen molar-refractivity contribution in [2.24, 2.45) is 10.7 Å². The van der Waals surface area contributed by atoms with Crippen molar-refractivity contribution in [1.82, 2.24) is 4.90 Å². The fourth-order valence-corrected chi connectivity index (χ4v) is 2.82. The SMILES string of the molecule is I.NC(=NCc1ccccc1COc1ccccc1Cl)N1CCOCC1. The Morgan fingerprint density at radius 1 is 1.08 bits per heavy atom. The van der Waals surface area contributed by atoms with E-state index in [4.69, 9.17) is 26.8 Å². The van der Waals surface area contributed by atoms with E-state index in [9.17, 15) is 0 Å². The van der Waals surface area contributed by atoms with E-state index < -0.39 is 0 Å². The predicted octanol–water partition coefficient (Wildman–Crippen LogP) is 3.68. The van der Waals surface area contributed by atoms with Crippen molar-refractivity contribution in [2.75, 3.05) is 26.3 Å². The van der Waals surface area contributed by atoms with Gasteiger partial charge in [0.15, 0.2) is 5.96 Å². The molecule has 0 aliphatic carbocycles. The summed E-state index contributed by atoms with van der Waals surface area (Å²) < 4.78 is 11.2. The Morgan fingerprint density at radius 3 is 2.46 bits per heavy atom. The van der Waals surface area contributed by atoms with E-state index in [1.54, 1.807) is 0 Å². The average Bonchev–Trinajstić information content (AvgIpc) is 2.67. The van der Waals surface area contributed by atoms with Crippen LogP contribution in [0.5, 0.6) is 5.75 Å². The molecule has 0 bridgehead atoms. The van der Waals surface area contributed by atoms with Crippen molar-refractivity contribution in [3.63, 3.8) is 0 Å². The van der Waals surface area contributed by atoms with E-state index in [1.807, 2.05) is 53.4 Å². The first-order chi connectivity index (χ1) is 12.2. The summed E-state index contributed by atoms with van der Waals surface area (Å²) in [6.07, 6.45) is 0. The number of halogens is 2. The van der Waals surface area contributed by atoms with E-state index in [0.29, 0.717) is 43.1 Å². The van der Waals surface area contributed by atoms with Gasteiger partial charge in [0.05, 0.1) is 24.8 Å². The molecule has 0 spiro atoms. The molecule has 0 amide bonds. The fraction of sp³-hybridized carbons (Fsp3) is 0.316. The Labute approximate surface area is 176 Å². The molecule has 1 saturated heterocycles. The highest BCUT2D eigenvalue weighted by atomic mass is 127. The third-order valence-electron chi connectivity index (χ3n) is 4.08. The predicted molar refractivity (Wildman–Crippen MR) is 115 cm³/mol. The van der Waals surface area contributed by atoms with Gasteiger partial charge < -0.3 is 20.1 Å². The van der Waals surface area contributed by atoms with Gasteiger partial charge in [0, 0.05) is 13.1 Å². The Morgan fingerprint density at radius 2 is 1.73 bits per heavy atom. The lowest BCUT2D eigenvalue weighted by atomic mass is 10.1. The van der Waals surface area contributed by atoms with E-state index in [-0.39, 0.29) is 24.0 Å². The van der Waals surface area contributed by atoms with Crippen LogP contribution >= 0.6 is 35.6 Å². The minimum Gasteiger partial charge on any atom is -0.487 e. The van der Waals surface area contributed by atoms with Gasteiger partial charge in [0.2, 0.25) is 0 Å². The van der Waals surface area contributed by atoms with Crippen molar-refractivity contribution in [3.05, 3.63) is 64.7 Å². The molecular formula is C19H23ClIN3O2. The molecule has 3 rings (SSSR count). The van der Waals surface area contributed by atoms with E-state index in [2.05, 4.69) is 4.99 Å². The van der Waals surface area contributed by atoms with Crippen LogP contribution in [-0.2, 0) is 17.9 Å². The van der Waals surface area contributed by atoms with Crippen LogP contribution in [0.3, 0.4) is 0 Å². The molecule has 5 nitrogen and oxygen atoms in total. The maximum Gasteiger partial charge on any atom is 0.191 e. The van der Waals surface area contributed by atoms with Crippen molar-refractivity contribution < 1.29 is 9.47 Å². The maximum absolute atomic E-state index is 6.14. The second kappa shape index (κ2) is 10.6. The summed E-state index contributed by atoms with van der Waals surface area (Å²) in [6.45, 7) is 3.91. The second-order valence-electron chi connectivity index (χ2n) is 5.76. The number of guanidine groups is 1. The summed E-state index contributed by atoms with van der Waals surface area (Å²) in [6, 6.07) is 15.5. The molecule has 0 radical (unpaired) electrons. The average molecular weight is 488 g/mol. The van der Waals surface area contributed by atoms with Gasteiger partial charge >= 0.3 is 0 Å². The fourth-order valence-electron chi connectivity index (χ4n) is 2.63. The van der Waals surface area contributed by atoms with Crippen LogP contribution < -0.4 is 10.5 Å². The standard InChI is InChI=1S/C19H22ClN3O2.HI/c20-17-7-3-4-8-18(17)25-14-16-6-2-1-5-15(16)13-22-19(21)23-9-11-24-12-10-23;/h1-8H,9-14H2,(H2,21,22);1H. The number of hydrogen-bond donors (Lipinski definition) is 1. The zero-order valence-electron chi connectivity index (χ0n) is 14.4. The largest absolute Gasteiger partial charge is 0.487 e. The molecule has 1 aliphatic rings. The first kappa shape index (κ1) is 20.8. The molecule has 0 unspecified atom stereocenters. The minimum atomic E-state index is 0. The third kappa shape index (κ3) is 5.75. The van der Waals surface area contributed by atoms with Crippen molar-refractivity contribution in [3.8, 4) is 5.75 Å². The topological polar surface area (TPSA) is 60.1 Å². The van der Waals surface area contributed by atoms with Crippen LogP contribution in [0.25, 0.3) is 0 Å². The molecule has 26 heavy (non-hydrogen) atoms. The highest BCUT2D eigenvalue weighted by Crippen LogP contribution is 2.24. The van der Waals surface area contributed by atoms with Crippen molar-refractivity contribution in [2.45, 2.75) is 13.2 Å². The first-order valence-electron chi connectivity index (χ1n) is 8.31. The van der Waals surface area contributed by atoms with Gasteiger partial charge in [0.1, 0.15) is 12.4 Å². The van der Waals surface area contributed by atoms with E-state index in [1.165, 1.54) is 0 Å². The number of hydrogen-bond acceptors (Lipinski definition) is 3. The maximum atomic E-state index is 6.14. The minimum absolute atomic E-state index is 0. The number of nitrogens with zero attached hydrogens (tertiary/aromatic N) is 2. The van der Waals surface area contributed by atoms with Gasteiger partial charge in [0.25, 0.3) is 0 Å². The van der Waals surface area contributed by atoms with Gasteiger partial charge in [-0.1, -0.05) is 48.0 Å². The summed E-state index contributed by atoms with van der Waals surface area (Å²) in [7, 11) is 0. The summed E-state index contributed by atoms with van der Waals surface area (Å²) in [4.78, 5) is 6.58. The van der Waals surface area contributed by atoms with Crippen molar-refractivity contribution in [1.29, 1.82) is 0 Å². The van der Waals surface area contributed by atoms with Gasteiger partial charge in [-0.25, -0.2) is 4.99 Å². The number of benzene rings is 2. The van der Waals surface area contributed by atoms with Crippen LogP contribution in [-0.4, -0.2) is 37.2 Å². The molecule has 140 valence electrons. The summed E-state index contributed by atoms with van der Waals surface area (Å²) in [5.41, 5.74) is 8.26. The Balaban J connectivity index is 0.00000243. The normalized spacial score (nSPS) is 14.7. The Kier molecular flexibility index (Phi) is 8.47. The Bertz CT molecular complexity index is 736. The lowest BCUT2D eigenvalue weighted by Crippen LogP contribution is -2.44. The lowest BCUT2D eigenvalue weighted by Gasteiger charge is -2.27. The monoisotopic (exact) mass is 487 g/mol. The van der Waals surface area contributed by atoms with Gasteiger partial charge in [-0.05, 0) is 23.3 Å². The van der Waals surface area contributed by atoms with Crippen LogP contribution in [0.4, 0.5) is 0 Å². The lowest BCUT2D eigenvalue weighted by molar-refractivity contribution is 0.0674. The molecule has 2 N–H and O–H groups in total. The quantitative estimate of drug-likeness (QED) is 0.397. The summed E-state index contributed by atoms with van der Waals surface area (Å²) >= 11 is 6.14. The number of rotatable bonds is 5. The number of para-hydroxylation sites is 1. The third-order valence-corrected chi connectivity index (χ3v) is 4.40. The van der Waals surface area contributed by atoms with Crippen LogP contribution in [0, 0.1) is 0 Å². The molecular weight excluding hydrogens is 465 g/mol. The summed E-state index contributed by atoms with van der Waals surface area (Å²) in [5.74, 6) is 1.24. The summed E-state index contributed by atoms with van der Waals surface area (Å²) in [5, 5.41) is 0.606. The molecule has 1 fully saturated rings. The molecule has 0 atom stereocenters. The van der Waals surface area contributed by atoms with Crippen LogP contribution in [0.2, 0.25) is 5.02 Å². The van der Waals surface area contributed by atoms with Gasteiger partial charge in [-0.3, -0.25) is 0 Å². The number of aliphatic imine (C=N–C) groups is 1. The molecule has 2 aromatic rings.